The minimum Gasteiger partial charge on any atom is -0.508 e. The molecule has 0 bridgehead atoms. The molecule has 2 nitrogen and oxygen atoms in total. The molecular weight excluding hydrogens is 224 g/mol. The van der Waals surface area contributed by atoms with E-state index in [4.69, 9.17) is 10.8 Å². The third-order valence-corrected chi connectivity index (χ3v) is 1.37. The fourth-order valence-corrected chi connectivity index (χ4v) is 0.829. The summed E-state index contributed by atoms with van der Waals surface area (Å²) in [6.07, 6.45) is 0.875. The first-order chi connectivity index (χ1) is 4.83. The molecule has 0 aliphatic heterocycles. The Hall–Kier alpha value is -0.371. The molecule has 1 aromatic carbocycles. The molecular formula is C8H11NOTc. The van der Waals surface area contributed by atoms with E-state index in [0.29, 0.717) is 12.3 Å². The van der Waals surface area contributed by atoms with Gasteiger partial charge in [-0.1, -0.05) is 12.1 Å². The summed E-state index contributed by atoms with van der Waals surface area (Å²) in [6, 6.07) is 7.10. The molecule has 0 unspecified atom stereocenters. The zero-order valence-electron chi connectivity index (χ0n) is 6.13. The number of phenols is 1. The number of aromatic hydroxyl groups is 1. The van der Waals surface area contributed by atoms with Gasteiger partial charge in [0.15, 0.2) is 0 Å². The second kappa shape index (κ2) is 5.30. The van der Waals surface area contributed by atoms with Gasteiger partial charge < -0.3 is 10.8 Å². The zero-order valence-corrected chi connectivity index (χ0v) is 7.98. The molecule has 1 rings (SSSR count). The summed E-state index contributed by atoms with van der Waals surface area (Å²) in [5, 5.41) is 8.89. The maximum Gasteiger partial charge on any atom is 0.115 e. The van der Waals surface area contributed by atoms with Gasteiger partial charge in [-0.05, 0) is 30.7 Å². The van der Waals surface area contributed by atoms with E-state index >= 15 is 0 Å². The fourth-order valence-electron chi connectivity index (χ4n) is 0.829. The van der Waals surface area contributed by atoms with Crippen molar-refractivity contribution in [3.05, 3.63) is 29.8 Å². The average Bonchev–Trinajstić information content (AvgIpc) is 1.95. The molecule has 3 heteroatoms. The number of nitrogens with two attached hydrogens (primary N) is 1. The molecule has 0 heterocycles. The van der Waals surface area contributed by atoms with Crippen LogP contribution >= 0.6 is 0 Å². The van der Waals surface area contributed by atoms with Crippen molar-refractivity contribution in [1.82, 2.24) is 0 Å². The van der Waals surface area contributed by atoms with Gasteiger partial charge >= 0.3 is 0 Å². The normalized spacial score (nSPS) is 8.82. The van der Waals surface area contributed by atoms with E-state index in [1.54, 1.807) is 12.1 Å². The largest absolute Gasteiger partial charge is 0.508 e. The third kappa shape index (κ3) is 3.51. The van der Waals surface area contributed by atoms with Crippen molar-refractivity contribution in [3.63, 3.8) is 0 Å². The number of rotatable bonds is 2. The van der Waals surface area contributed by atoms with Gasteiger partial charge in [0.25, 0.3) is 0 Å². The van der Waals surface area contributed by atoms with Crippen molar-refractivity contribution in [1.29, 1.82) is 0 Å². The van der Waals surface area contributed by atoms with Gasteiger partial charge in [0.1, 0.15) is 5.75 Å². The van der Waals surface area contributed by atoms with Gasteiger partial charge in [-0.15, -0.1) is 0 Å². The monoisotopic (exact) mass is 234 g/mol. The summed E-state index contributed by atoms with van der Waals surface area (Å²) in [7, 11) is 0. The van der Waals surface area contributed by atoms with Gasteiger partial charge in [-0.2, -0.15) is 0 Å². The third-order valence-electron chi connectivity index (χ3n) is 1.37. The van der Waals surface area contributed by atoms with Crippen LogP contribution in [0.5, 0.6) is 5.75 Å². The molecule has 61 valence electrons. The Morgan fingerprint density at radius 3 is 2.18 bits per heavy atom. The van der Waals surface area contributed by atoms with Crippen molar-refractivity contribution >= 4 is 0 Å². The minimum atomic E-state index is 0. The van der Waals surface area contributed by atoms with Crippen molar-refractivity contribution < 1.29 is 25.2 Å². The maximum absolute atomic E-state index is 8.89. The van der Waals surface area contributed by atoms with Gasteiger partial charge in [0.2, 0.25) is 0 Å². The number of hydrogen-bond acceptors (Lipinski definition) is 2. The second-order valence-electron chi connectivity index (χ2n) is 2.21. The van der Waals surface area contributed by atoms with E-state index in [0.717, 1.165) is 6.42 Å². The van der Waals surface area contributed by atoms with Crippen LogP contribution in [0.1, 0.15) is 5.56 Å². The molecule has 0 spiro atoms. The van der Waals surface area contributed by atoms with Crippen LogP contribution in [0.15, 0.2) is 24.3 Å². The molecule has 0 aliphatic carbocycles. The summed E-state index contributed by atoms with van der Waals surface area (Å²) < 4.78 is 0. The fraction of sp³-hybridized carbons (Fsp3) is 0.250. The molecule has 0 saturated heterocycles. The van der Waals surface area contributed by atoms with Crippen LogP contribution in [0, 0.1) is 0 Å². The van der Waals surface area contributed by atoms with Crippen LogP contribution in [0.4, 0.5) is 0 Å². The zero-order chi connectivity index (χ0) is 7.40. The topological polar surface area (TPSA) is 46.2 Å². The Morgan fingerprint density at radius 2 is 1.73 bits per heavy atom. The van der Waals surface area contributed by atoms with Crippen molar-refractivity contribution in [2.45, 2.75) is 6.42 Å². The SMILES string of the molecule is NCCc1ccc(O)cc1.[Tc]. The van der Waals surface area contributed by atoms with Gasteiger partial charge in [-0.3, -0.25) is 0 Å². The quantitative estimate of drug-likeness (QED) is 0.799. The molecule has 11 heavy (non-hydrogen) atoms. The van der Waals surface area contributed by atoms with E-state index in [1.165, 1.54) is 5.56 Å². The predicted molar refractivity (Wildman–Crippen MR) is 40.9 cm³/mol. The number of phenolic OH excluding ortho intramolecular Hbond substituents is 1. The summed E-state index contributed by atoms with van der Waals surface area (Å²) >= 11 is 0. The number of hydrogen-bond donors (Lipinski definition) is 2. The second-order valence-corrected chi connectivity index (χ2v) is 2.21. The first-order valence-electron chi connectivity index (χ1n) is 3.31. The standard InChI is InChI=1S/C8H11NO.Tc/c9-6-5-7-1-3-8(10)4-2-7;/h1-4,10H,5-6,9H2;. The molecule has 0 amide bonds. The van der Waals surface area contributed by atoms with Crippen LogP contribution in [-0.2, 0) is 26.5 Å². The van der Waals surface area contributed by atoms with E-state index in [2.05, 4.69) is 0 Å². The molecule has 0 aromatic heterocycles. The Labute approximate surface area is 79.8 Å². The van der Waals surface area contributed by atoms with Crippen molar-refractivity contribution in [2.24, 2.45) is 5.73 Å². The molecule has 0 aliphatic rings. The van der Waals surface area contributed by atoms with Crippen LogP contribution < -0.4 is 5.73 Å². The minimum absolute atomic E-state index is 0. The Morgan fingerprint density at radius 1 is 1.18 bits per heavy atom. The number of benzene rings is 1. The van der Waals surface area contributed by atoms with Crippen LogP contribution in [-0.4, -0.2) is 11.7 Å². The predicted octanol–water partition coefficient (Wildman–Crippen LogP) is 0.891. The molecule has 1 radical (unpaired) electrons. The van der Waals surface area contributed by atoms with Gasteiger partial charge in [0.05, 0.1) is 0 Å². The molecule has 0 fully saturated rings. The molecule has 1 aromatic rings. The van der Waals surface area contributed by atoms with E-state index < -0.39 is 0 Å². The van der Waals surface area contributed by atoms with Crippen LogP contribution in [0.3, 0.4) is 0 Å². The van der Waals surface area contributed by atoms with Crippen molar-refractivity contribution in [3.8, 4) is 5.75 Å². The first kappa shape index (κ1) is 10.6. The van der Waals surface area contributed by atoms with Gasteiger partial charge in [0, 0.05) is 20.1 Å². The Balaban J connectivity index is 0.000001000. The van der Waals surface area contributed by atoms with Gasteiger partial charge in [-0.25, -0.2) is 0 Å². The Kier molecular flexibility index (Phi) is 5.12. The van der Waals surface area contributed by atoms with Crippen LogP contribution in [0.2, 0.25) is 0 Å². The molecule has 0 atom stereocenters. The average molecular weight is 235 g/mol. The summed E-state index contributed by atoms with van der Waals surface area (Å²) in [6.45, 7) is 0.658. The smallest absolute Gasteiger partial charge is 0.115 e. The first-order valence-corrected chi connectivity index (χ1v) is 3.31. The van der Waals surface area contributed by atoms with E-state index in [1.807, 2.05) is 12.1 Å². The summed E-state index contributed by atoms with van der Waals surface area (Å²) in [5.41, 5.74) is 6.50. The molecule has 3 N–H and O–H groups in total. The van der Waals surface area contributed by atoms with E-state index in [9.17, 15) is 0 Å². The molecule has 0 saturated carbocycles. The van der Waals surface area contributed by atoms with Crippen LogP contribution in [0.25, 0.3) is 0 Å². The van der Waals surface area contributed by atoms with Crippen molar-refractivity contribution in [2.75, 3.05) is 6.54 Å². The summed E-state index contributed by atoms with van der Waals surface area (Å²) in [4.78, 5) is 0. The Bertz CT molecular complexity index is 198. The van der Waals surface area contributed by atoms with E-state index in [-0.39, 0.29) is 20.1 Å². The summed E-state index contributed by atoms with van der Waals surface area (Å²) in [5.74, 6) is 0.306. The maximum atomic E-state index is 8.89.